The van der Waals surface area contributed by atoms with Crippen molar-refractivity contribution in [1.82, 2.24) is 9.97 Å². The van der Waals surface area contributed by atoms with Crippen molar-refractivity contribution in [3.8, 4) is 22.6 Å². The minimum Gasteiger partial charge on any atom is -0.331 e. The Kier molecular flexibility index (Phi) is 5.05. The van der Waals surface area contributed by atoms with Gasteiger partial charge in [0.25, 0.3) is 0 Å². The summed E-state index contributed by atoms with van der Waals surface area (Å²) in [6, 6.07) is 39.6. The Hall–Kier alpha value is -5.06. The molecule has 0 fully saturated rings. The van der Waals surface area contributed by atoms with Gasteiger partial charge in [0.1, 0.15) is 0 Å². The molecule has 1 aliphatic carbocycles. The van der Waals surface area contributed by atoms with E-state index in [0.717, 1.165) is 33.5 Å². The molecule has 7 aromatic rings. The number of hydrogen-bond donors (Lipinski definition) is 0. The number of aromatic nitrogens is 2. The monoisotopic (exact) mass is 595 g/mol. The van der Waals surface area contributed by atoms with E-state index in [1.807, 2.05) is 11.3 Å². The summed E-state index contributed by atoms with van der Waals surface area (Å²) in [5.41, 5.74) is 9.51. The number of rotatable bonds is 2. The Balaban J connectivity index is 1.20. The van der Waals surface area contributed by atoms with Gasteiger partial charge in [0.05, 0.1) is 27.8 Å². The molecular weight excluding hydrogens is 567 g/mol. The molecule has 3 nitrogen and oxygen atoms in total. The molecule has 5 aromatic carbocycles. The SMILES string of the molecule is CC1(C)c2cc(-c3nc(-c4cccc5ccccc45)c4ccccc4n3)ccc2N2c3c(sc4ccccc34)C3=CC=CC1C32. The molecule has 4 heterocycles. The molecule has 2 unspecified atom stereocenters. The molecule has 2 aliphatic heterocycles. The predicted molar refractivity (Wildman–Crippen MR) is 189 cm³/mol. The third-order valence-corrected chi connectivity index (χ3v) is 11.5. The smallest absolute Gasteiger partial charge is 0.160 e. The Morgan fingerprint density at radius 3 is 2.44 bits per heavy atom. The van der Waals surface area contributed by atoms with Gasteiger partial charge < -0.3 is 4.90 Å². The van der Waals surface area contributed by atoms with Gasteiger partial charge in [-0.25, -0.2) is 9.97 Å². The minimum atomic E-state index is -0.0816. The van der Waals surface area contributed by atoms with Gasteiger partial charge in [0.2, 0.25) is 0 Å². The fourth-order valence-electron chi connectivity index (χ4n) is 8.12. The normalized spacial score (nSPS) is 19.1. The van der Waals surface area contributed by atoms with E-state index in [1.54, 1.807) is 0 Å². The van der Waals surface area contributed by atoms with Crippen LogP contribution >= 0.6 is 11.3 Å². The molecule has 45 heavy (non-hydrogen) atoms. The van der Waals surface area contributed by atoms with Crippen molar-refractivity contribution in [2.24, 2.45) is 5.92 Å². The summed E-state index contributed by atoms with van der Waals surface area (Å²) >= 11 is 1.93. The van der Waals surface area contributed by atoms with Gasteiger partial charge in [0, 0.05) is 43.6 Å². The summed E-state index contributed by atoms with van der Waals surface area (Å²) in [4.78, 5) is 14.6. The molecule has 0 radical (unpaired) electrons. The third kappa shape index (κ3) is 3.40. The van der Waals surface area contributed by atoms with E-state index in [1.165, 1.54) is 48.2 Å². The second-order valence-electron chi connectivity index (χ2n) is 13.0. The highest BCUT2D eigenvalue weighted by atomic mass is 32.1. The lowest BCUT2D eigenvalue weighted by Gasteiger charge is -2.49. The molecule has 4 heteroatoms. The summed E-state index contributed by atoms with van der Waals surface area (Å²) in [6.45, 7) is 4.83. The molecule has 2 atom stereocenters. The van der Waals surface area contributed by atoms with Crippen LogP contribution in [0.5, 0.6) is 0 Å². The van der Waals surface area contributed by atoms with Crippen molar-refractivity contribution in [3.63, 3.8) is 0 Å². The molecule has 2 aromatic heterocycles. The Morgan fingerprint density at radius 1 is 0.756 bits per heavy atom. The van der Waals surface area contributed by atoms with Crippen molar-refractivity contribution in [3.05, 3.63) is 138 Å². The number of para-hydroxylation sites is 1. The molecule has 10 rings (SSSR count). The van der Waals surface area contributed by atoms with Gasteiger partial charge in [-0.15, -0.1) is 11.3 Å². The number of fused-ring (bicyclic) bond motifs is 9. The lowest BCUT2D eigenvalue weighted by Crippen LogP contribution is -2.49. The van der Waals surface area contributed by atoms with Crippen LogP contribution in [0.2, 0.25) is 0 Å². The van der Waals surface area contributed by atoms with E-state index in [-0.39, 0.29) is 5.41 Å². The van der Waals surface area contributed by atoms with Crippen LogP contribution in [0.15, 0.2) is 127 Å². The van der Waals surface area contributed by atoms with Gasteiger partial charge in [-0.2, -0.15) is 0 Å². The molecule has 3 aliphatic rings. The number of benzene rings is 5. The van der Waals surface area contributed by atoms with Crippen molar-refractivity contribution < 1.29 is 0 Å². The summed E-state index contributed by atoms with van der Waals surface area (Å²) in [6.07, 6.45) is 7.07. The van der Waals surface area contributed by atoms with Gasteiger partial charge in [-0.3, -0.25) is 0 Å². The summed E-state index contributed by atoms with van der Waals surface area (Å²) in [5.74, 6) is 1.11. The molecule has 0 spiro atoms. The average Bonchev–Trinajstić information content (AvgIpc) is 3.62. The predicted octanol–water partition coefficient (Wildman–Crippen LogP) is 10.7. The zero-order valence-electron chi connectivity index (χ0n) is 25.0. The summed E-state index contributed by atoms with van der Waals surface area (Å²) in [5, 5.41) is 4.83. The minimum absolute atomic E-state index is 0.0816. The highest BCUT2D eigenvalue weighted by molar-refractivity contribution is 7.21. The standard InChI is InChI=1S/C41H29N3S/c1-41(2)31-18-10-17-30-37(31)44(38-29-15-6-8-20-35(29)45-39(30)38)34-22-21-25(23-32(34)41)40-42-33-19-7-5-14-28(33)36(43-40)27-16-9-12-24-11-3-4-13-26(24)27/h3-23,31,37H,1-2H3. The van der Waals surface area contributed by atoms with E-state index in [4.69, 9.17) is 9.97 Å². The van der Waals surface area contributed by atoms with Crippen LogP contribution in [0.25, 0.3) is 60.0 Å². The molecule has 0 amide bonds. The zero-order chi connectivity index (χ0) is 29.9. The van der Waals surface area contributed by atoms with Crippen LogP contribution in [0.1, 0.15) is 24.3 Å². The van der Waals surface area contributed by atoms with Crippen molar-refractivity contribution in [2.45, 2.75) is 25.3 Å². The Morgan fingerprint density at radius 2 is 1.53 bits per heavy atom. The lowest BCUT2D eigenvalue weighted by atomic mass is 9.64. The first kappa shape index (κ1) is 25.3. The second kappa shape index (κ2) is 8.99. The maximum Gasteiger partial charge on any atom is 0.160 e. The number of thiophene rings is 1. The summed E-state index contributed by atoms with van der Waals surface area (Å²) < 4.78 is 1.35. The van der Waals surface area contributed by atoms with E-state index >= 15 is 0 Å². The van der Waals surface area contributed by atoms with Crippen LogP contribution in [0.4, 0.5) is 11.4 Å². The largest absolute Gasteiger partial charge is 0.331 e. The number of anilines is 2. The Labute approximate surface area is 265 Å². The first-order valence-corrected chi connectivity index (χ1v) is 16.5. The molecule has 0 saturated carbocycles. The van der Waals surface area contributed by atoms with E-state index in [2.05, 4.69) is 146 Å². The number of nitrogens with zero attached hydrogens (tertiary/aromatic N) is 3. The van der Waals surface area contributed by atoms with Crippen LogP contribution in [0.3, 0.4) is 0 Å². The molecule has 0 bridgehead atoms. The zero-order valence-corrected chi connectivity index (χ0v) is 25.8. The van der Waals surface area contributed by atoms with Crippen molar-refractivity contribution >= 4 is 60.0 Å². The maximum atomic E-state index is 5.34. The van der Waals surface area contributed by atoms with Gasteiger partial charge in [-0.1, -0.05) is 111 Å². The Bertz CT molecular complexity index is 2440. The second-order valence-corrected chi connectivity index (χ2v) is 14.1. The van der Waals surface area contributed by atoms with E-state index in [0.29, 0.717) is 12.0 Å². The highest BCUT2D eigenvalue weighted by Crippen LogP contribution is 2.62. The molecule has 0 N–H and O–H groups in total. The third-order valence-electron chi connectivity index (χ3n) is 10.3. The quantitative estimate of drug-likeness (QED) is 0.199. The molecule has 0 saturated heterocycles. The van der Waals surface area contributed by atoms with Crippen molar-refractivity contribution in [2.75, 3.05) is 4.90 Å². The maximum absolute atomic E-state index is 5.34. The number of allylic oxidation sites excluding steroid dienone is 2. The lowest BCUT2D eigenvalue weighted by molar-refractivity contribution is 0.341. The summed E-state index contributed by atoms with van der Waals surface area (Å²) in [7, 11) is 0. The van der Waals surface area contributed by atoms with Gasteiger partial charge in [-0.05, 0) is 52.2 Å². The van der Waals surface area contributed by atoms with E-state index < -0.39 is 0 Å². The number of hydrogen-bond acceptors (Lipinski definition) is 4. The van der Waals surface area contributed by atoms with Crippen LogP contribution in [-0.2, 0) is 5.41 Å². The first-order valence-electron chi connectivity index (χ1n) is 15.7. The van der Waals surface area contributed by atoms with Gasteiger partial charge >= 0.3 is 0 Å². The van der Waals surface area contributed by atoms with Crippen LogP contribution in [0, 0.1) is 5.92 Å². The van der Waals surface area contributed by atoms with Crippen LogP contribution in [-0.4, -0.2) is 16.0 Å². The van der Waals surface area contributed by atoms with Crippen LogP contribution < -0.4 is 4.90 Å². The van der Waals surface area contributed by atoms with Crippen molar-refractivity contribution in [1.29, 1.82) is 0 Å². The average molecular weight is 596 g/mol. The van der Waals surface area contributed by atoms with E-state index in [9.17, 15) is 0 Å². The fourth-order valence-corrected chi connectivity index (χ4v) is 9.37. The van der Waals surface area contributed by atoms with Gasteiger partial charge in [0.15, 0.2) is 5.82 Å². The highest BCUT2D eigenvalue weighted by Gasteiger charge is 2.52. The first-order chi connectivity index (χ1) is 22.1. The molecule has 214 valence electrons. The fraction of sp³-hybridized carbons (Fsp3) is 0.122. The molecular formula is C41H29N3S. The topological polar surface area (TPSA) is 29.0 Å².